The van der Waals surface area contributed by atoms with Crippen molar-refractivity contribution in [2.45, 2.75) is 59.4 Å². The van der Waals surface area contributed by atoms with Gasteiger partial charge in [0.25, 0.3) is 0 Å². The Morgan fingerprint density at radius 2 is 1.95 bits per heavy atom. The molecule has 19 heavy (non-hydrogen) atoms. The van der Waals surface area contributed by atoms with E-state index in [0.717, 1.165) is 19.3 Å². The predicted octanol–water partition coefficient (Wildman–Crippen LogP) is 2.20. The van der Waals surface area contributed by atoms with E-state index in [0.29, 0.717) is 25.4 Å². The summed E-state index contributed by atoms with van der Waals surface area (Å²) in [4.78, 5) is 0. The molecule has 1 fully saturated rings. The maximum absolute atomic E-state index is 12.5. The average Bonchev–Trinajstić information content (AvgIpc) is 2.35. The Labute approximate surface area is 118 Å². The van der Waals surface area contributed by atoms with Crippen LogP contribution in [0, 0.1) is 11.3 Å². The summed E-state index contributed by atoms with van der Waals surface area (Å²) in [7, 11) is -3.16. The van der Waals surface area contributed by atoms with Gasteiger partial charge in [-0.3, -0.25) is 0 Å². The van der Waals surface area contributed by atoms with Gasteiger partial charge in [0.1, 0.15) is 0 Å². The van der Waals surface area contributed by atoms with E-state index in [1.807, 2.05) is 0 Å². The lowest BCUT2D eigenvalue weighted by molar-refractivity contribution is 0.197. The third-order valence-electron chi connectivity index (χ3n) is 4.09. The van der Waals surface area contributed by atoms with E-state index < -0.39 is 10.0 Å². The van der Waals surface area contributed by atoms with Gasteiger partial charge < -0.3 is 5.73 Å². The SMILES string of the molecule is CCC1CCN(S(=O)(=O)CCC(C)(C)C)C(CN)C1. The predicted molar refractivity (Wildman–Crippen MR) is 80.4 cm³/mol. The average molecular weight is 290 g/mol. The number of nitrogens with two attached hydrogens (primary N) is 1. The van der Waals surface area contributed by atoms with Gasteiger partial charge in [0.2, 0.25) is 10.0 Å². The van der Waals surface area contributed by atoms with Crippen molar-refractivity contribution in [3.05, 3.63) is 0 Å². The van der Waals surface area contributed by atoms with Crippen LogP contribution in [0.5, 0.6) is 0 Å². The minimum atomic E-state index is -3.16. The minimum Gasteiger partial charge on any atom is -0.329 e. The molecule has 1 heterocycles. The van der Waals surface area contributed by atoms with Gasteiger partial charge in [-0.05, 0) is 30.6 Å². The van der Waals surface area contributed by atoms with Crippen LogP contribution < -0.4 is 5.73 Å². The summed E-state index contributed by atoms with van der Waals surface area (Å²) in [5.74, 6) is 0.867. The second kappa shape index (κ2) is 6.55. The van der Waals surface area contributed by atoms with Gasteiger partial charge >= 0.3 is 0 Å². The zero-order valence-electron chi connectivity index (χ0n) is 12.9. The summed E-state index contributed by atoms with van der Waals surface area (Å²) in [6.07, 6.45) is 3.70. The molecule has 1 aliphatic heterocycles. The standard InChI is InChI=1S/C14H30N2O2S/c1-5-12-6-8-16(13(10-12)11-15)19(17,18)9-7-14(2,3)4/h12-13H,5-11,15H2,1-4H3. The molecule has 0 spiro atoms. The molecule has 4 nitrogen and oxygen atoms in total. The second-order valence-electron chi connectivity index (χ2n) is 6.93. The number of hydrogen-bond donors (Lipinski definition) is 1. The molecule has 5 heteroatoms. The Morgan fingerprint density at radius 1 is 1.32 bits per heavy atom. The highest BCUT2D eigenvalue weighted by Crippen LogP contribution is 2.28. The summed E-state index contributed by atoms with van der Waals surface area (Å²) in [6.45, 7) is 9.48. The summed E-state index contributed by atoms with van der Waals surface area (Å²) in [5, 5.41) is 0. The molecule has 2 atom stereocenters. The number of nitrogens with zero attached hydrogens (tertiary/aromatic N) is 1. The van der Waals surface area contributed by atoms with Crippen molar-refractivity contribution in [3.63, 3.8) is 0 Å². The summed E-state index contributed by atoms with van der Waals surface area (Å²) >= 11 is 0. The summed E-state index contributed by atoms with van der Waals surface area (Å²) in [5.41, 5.74) is 5.83. The third-order valence-corrected chi connectivity index (χ3v) is 6.00. The molecule has 0 aromatic heterocycles. The van der Waals surface area contributed by atoms with Crippen molar-refractivity contribution < 1.29 is 8.42 Å². The quantitative estimate of drug-likeness (QED) is 0.844. The third kappa shape index (κ3) is 5.04. The van der Waals surface area contributed by atoms with Crippen LogP contribution in [0.2, 0.25) is 0 Å². The normalized spacial score (nSPS) is 26.6. The van der Waals surface area contributed by atoms with Crippen LogP contribution in [0.15, 0.2) is 0 Å². The molecule has 2 N–H and O–H groups in total. The van der Waals surface area contributed by atoms with Crippen molar-refractivity contribution in [3.8, 4) is 0 Å². The molecule has 1 aliphatic rings. The molecule has 0 radical (unpaired) electrons. The van der Waals surface area contributed by atoms with E-state index >= 15 is 0 Å². The van der Waals surface area contributed by atoms with Gasteiger partial charge in [0.05, 0.1) is 5.75 Å². The van der Waals surface area contributed by atoms with Crippen molar-refractivity contribution in [1.29, 1.82) is 0 Å². The first kappa shape index (κ1) is 16.9. The topological polar surface area (TPSA) is 63.4 Å². The molecule has 1 saturated heterocycles. The second-order valence-corrected chi connectivity index (χ2v) is 8.97. The Hall–Kier alpha value is -0.130. The van der Waals surface area contributed by atoms with E-state index in [1.165, 1.54) is 0 Å². The first-order valence-corrected chi connectivity index (χ1v) is 9.00. The Balaban J connectivity index is 2.71. The smallest absolute Gasteiger partial charge is 0.214 e. The van der Waals surface area contributed by atoms with Crippen molar-refractivity contribution in [2.75, 3.05) is 18.8 Å². The lowest BCUT2D eigenvalue weighted by Crippen LogP contribution is -2.50. The fraction of sp³-hybridized carbons (Fsp3) is 1.00. The van der Waals surface area contributed by atoms with Gasteiger partial charge in [-0.15, -0.1) is 0 Å². The lowest BCUT2D eigenvalue weighted by atomic mass is 9.90. The van der Waals surface area contributed by atoms with Crippen LogP contribution in [-0.2, 0) is 10.0 Å². The zero-order valence-corrected chi connectivity index (χ0v) is 13.7. The molecule has 0 aromatic rings. The van der Waals surface area contributed by atoms with E-state index in [4.69, 9.17) is 5.73 Å². The van der Waals surface area contributed by atoms with Crippen molar-refractivity contribution in [1.82, 2.24) is 4.31 Å². The largest absolute Gasteiger partial charge is 0.329 e. The van der Waals surface area contributed by atoms with E-state index in [2.05, 4.69) is 27.7 Å². The van der Waals surface area contributed by atoms with E-state index in [9.17, 15) is 8.42 Å². The number of rotatable bonds is 5. The Morgan fingerprint density at radius 3 is 2.42 bits per heavy atom. The van der Waals surface area contributed by atoms with Crippen LogP contribution >= 0.6 is 0 Å². The molecule has 0 aromatic carbocycles. The first-order valence-electron chi connectivity index (χ1n) is 7.39. The molecule has 1 rings (SSSR count). The molecule has 0 aliphatic carbocycles. The molecule has 0 amide bonds. The Bertz CT molecular complexity index is 373. The lowest BCUT2D eigenvalue weighted by Gasteiger charge is -2.38. The van der Waals surface area contributed by atoms with Crippen LogP contribution in [0.4, 0.5) is 0 Å². The van der Waals surface area contributed by atoms with Crippen LogP contribution in [-0.4, -0.2) is 37.6 Å². The number of sulfonamides is 1. The van der Waals surface area contributed by atoms with Crippen LogP contribution in [0.25, 0.3) is 0 Å². The summed E-state index contributed by atoms with van der Waals surface area (Å²) < 4.78 is 26.6. The molecule has 0 saturated carbocycles. The van der Waals surface area contributed by atoms with E-state index in [-0.39, 0.29) is 17.2 Å². The molecular formula is C14H30N2O2S. The van der Waals surface area contributed by atoms with Crippen molar-refractivity contribution in [2.24, 2.45) is 17.1 Å². The van der Waals surface area contributed by atoms with Gasteiger partial charge in [0, 0.05) is 19.1 Å². The number of piperidine rings is 1. The first-order chi connectivity index (χ1) is 8.69. The monoisotopic (exact) mass is 290 g/mol. The highest BCUT2D eigenvalue weighted by molar-refractivity contribution is 7.89. The molecule has 0 bridgehead atoms. The van der Waals surface area contributed by atoms with Gasteiger partial charge in [-0.2, -0.15) is 4.31 Å². The van der Waals surface area contributed by atoms with Crippen molar-refractivity contribution >= 4 is 10.0 Å². The fourth-order valence-corrected chi connectivity index (χ4v) is 4.73. The number of hydrogen-bond acceptors (Lipinski definition) is 3. The highest BCUT2D eigenvalue weighted by Gasteiger charge is 2.34. The molecule has 114 valence electrons. The summed E-state index contributed by atoms with van der Waals surface area (Å²) in [6, 6.07) is 0.00340. The van der Waals surface area contributed by atoms with E-state index in [1.54, 1.807) is 4.31 Å². The highest BCUT2D eigenvalue weighted by atomic mass is 32.2. The van der Waals surface area contributed by atoms with Gasteiger partial charge in [0.15, 0.2) is 0 Å². The van der Waals surface area contributed by atoms with Gasteiger partial charge in [-0.1, -0.05) is 34.1 Å². The molecular weight excluding hydrogens is 260 g/mol. The maximum atomic E-state index is 12.5. The fourth-order valence-electron chi connectivity index (χ4n) is 2.62. The maximum Gasteiger partial charge on any atom is 0.214 e. The zero-order chi connectivity index (χ0) is 14.7. The van der Waals surface area contributed by atoms with Crippen LogP contribution in [0.1, 0.15) is 53.4 Å². The van der Waals surface area contributed by atoms with Gasteiger partial charge in [-0.25, -0.2) is 8.42 Å². The molecule has 2 unspecified atom stereocenters. The minimum absolute atomic E-state index is 0.00340. The Kier molecular flexibility index (Phi) is 5.83. The van der Waals surface area contributed by atoms with Crippen LogP contribution in [0.3, 0.4) is 0 Å².